The van der Waals surface area contributed by atoms with Crippen LogP contribution in [0.15, 0.2) is 75.7 Å². The van der Waals surface area contributed by atoms with Crippen molar-refractivity contribution in [2.24, 2.45) is 4.99 Å². The zero-order valence-electron chi connectivity index (χ0n) is 27.5. The quantitative estimate of drug-likeness (QED) is 0.148. The molecule has 1 aromatic heterocycles. The highest BCUT2D eigenvalue weighted by Crippen LogP contribution is 2.38. The van der Waals surface area contributed by atoms with Gasteiger partial charge in [-0.05, 0) is 93.8 Å². The van der Waals surface area contributed by atoms with Crippen LogP contribution >= 0.6 is 34.5 Å². The highest BCUT2D eigenvalue weighted by atomic mass is 35.5. The summed E-state index contributed by atoms with van der Waals surface area (Å²) in [5.41, 5.74) is 2.51. The Labute approximate surface area is 292 Å². The Balaban J connectivity index is 1.61. The van der Waals surface area contributed by atoms with Crippen LogP contribution in [0.5, 0.6) is 23.0 Å². The number of ether oxygens (including phenoxy) is 5. The number of carbonyl (C=O) groups excluding carboxylic acids is 1. The van der Waals surface area contributed by atoms with Crippen molar-refractivity contribution in [2.45, 2.75) is 53.4 Å². The molecule has 0 spiro atoms. The number of thiazole rings is 1. The number of nitrogens with zero attached hydrogens (tertiary/aromatic N) is 2. The van der Waals surface area contributed by atoms with Crippen molar-refractivity contribution in [3.8, 4) is 23.0 Å². The van der Waals surface area contributed by atoms with Crippen LogP contribution in [0.1, 0.15) is 57.4 Å². The molecule has 252 valence electrons. The summed E-state index contributed by atoms with van der Waals surface area (Å²) in [5, 5.41) is 0.920. The molecular formula is C36H36Cl2N2O7S. The summed E-state index contributed by atoms with van der Waals surface area (Å²) in [6.45, 7) is 9.93. The number of benzene rings is 3. The van der Waals surface area contributed by atoms with Gasteiger partial charge in [0.1, 0.15) is 6.61 Å². The lowest BCUT2D eigenvalue weighted by atomic mass is 9.95. The highest BCUT2D eigenvalue weighted by Gasteiger charge is 2.34. The molecule has 0 saturated carbocycles. The van der Waals surface area contributed by atoms with Gasteiger partial charge in [-0.25, -0.2) is 9.79 Å². The van der Waals surface area contributed by atoms with Crippen molar-refractivity contribution in [1.29, 1.82) is 0 Å². The van der Waals surface area contributed by atoms with Gasteiger partial charge in [0.2, 0.25) is 0 Å². The van der Waals surface area contributed by atoms with Gasteiger partial charge >= 0.3 is 5.97 Å². The number of allylic oxidation sites excluding steroid dienone is 1. The molecule has 12 heteroatoms. The van der Waals surface area contributed by atoms with E-state index >= 15 is 0 Å². The summed E-state index contributed by atoms with van der Waals surface area (Å²) in [7, 11) is 1.54. The Bertz CT molecular complexity index is 2050. The molecule has 0 saturated heterocycles. The van der Waals surface area contributed by atoms with Crippen LogP contribution in [0.4, 0.5) is 0 Å². The van der Waals surface area contributed by atoms with Crippen LogP contribution in [-0.2, 0) is 16.1 Å². The molecule has 1 aliphatic rings. The average molecular weight is 712 g/mol. The van der Waals surface area contributed by atoms with E-state index < -0.39 is 12.0 Å². The van der Waals surface area contributed by atoms with E-state index in [-0.39, 0.29) is 30.5 Å². The van der Waals surface area contributed by atoms with E-state index in [1.807, 2.05) is 45.0 Å². The van der Waals surface area contributed by atoms with E-state index in [0.29, 0.717) is 65.8 Å². The minimum Gasteiger partial charge on any atom is -0.493 e. The van der Waals surface area contributed by atoms with Gasteiger partial charge in [0.05, 0.1) is 53.3 Å². The molecule has 48 heavy (non-hydrogen) atoms. The maximum absolute atomic E-state index is 14.2. The Kier molecular flexibility index (Phi) is 11.2. The highest BCUT2D eigenvalue weighted by molar-refractivity contribution is 7.07. The maximum Gasteiger partial charge on any atom is 0.338 e. The fourth-order valence-electron chi connectivity index (χ4n) is 5.32. The third kappa shape index (κ3) is 7.56. The fraction of sp³-hybridized carbons (Fsp3) is 0.306. The van der Waals surface area contributed by atoms with Crippen molar-refractivity contribution in [1.82, 2.24) is 4.57 Å². The van der Waals surface area contributed by atoms with E-state index in [2.05, 4.69) is 4.99 Å². The topological polar surface area (TPSA) is 97.6 Å². The van der Waals surface area contributed by atoms with E-state index in [0.717, 1.165) is 5.56 Å². The Hall–Kier alpha value is -4.25. The first-order valence-electron chi connectivity index (χ1n) is 15.4. The third-order valence-corrected chi connectivity index (χ3v) is 8.78. The maximum atomic E-state index is 14.2. The van der Waals surface area contributed by atoms with Gasteiger partial charge in [0.25, 0.3) is 5.56 Å². The number of hydrogen-bond acceptors (Lipinski definition) is 9. The molecular weight excluding hydrogens is 675 g/mol. The molecule has 2 heterocycles. The predicted molar refractivity (Wildman–Crippen MR) is 188 cm³/mol. The molecule has 0 bridgehead atoms. The summed E-state index contributed by atoms with van der Waals surface area (Å²) < 4.78 is 30.8. The summed E-state index contributed by atoms with van der Waals surface area (Å²) in [6.07, 6.45) is 1.64. The Morgan fingerprint density at radius 2 is 1.81 bits per heavy atom. The SMILES string of the molecule is CCOC(=O)C1=C(C)N=c2s/c(=C/c3cc(Cl)c(OCc4cccc(Cl)c4)c(OCC)c3)c(=O)n2[C@H]1c1ccc(OC(C)C)c(OC)c1. The molecule has 0 amide bonds. The zero-order valence-corrected chi connectivity index (χ0v) is 29.8. The summed E-state index contributed by atoms with van der Waals surface area (Å²) in [5.74, 6) is 1.27. The van der Waals surface area contributed by atoms with Crippen LogP contribution in [0, 0.1) is 0 Å². The minimum atomic E-state index is -0.825. The normalized spacial score (nSPS) is 14.4. The molecule has 0 unspecified atom stereocenters. The molecule has 0 N–H and O–H groups in total. The number of carbonyl (C=O) groups is 1. The predicted octanol–water partition coefficient (Wildman–Crippen LogP) is 6.88. The number of halogens is 2. The monoisotopic (exact) mass is 710 g/mol. The summed E-state index contributed by atoms with van der Waals surface area (Å²) in [6, 6.07) is 15.4. The van der Waals surface area contributed by atoms with Crippen molar-refractivity contribution in [3.63, 3.8) is 0 Å². The second-order valence-electron chi connectivity index (χ2n) is 11.1. The van der Waals surface area contributed by atoms with Gasteiger partial charge in [0.15, 0.2) is 27.8 Å². The lowest BCUT2D eigenvalue weighted by Crippen LogP contribution is -2.40. The Morgan fingerprint density at radius 1 is 1.02 bits per heavy atom. The standard InChI is InChI=1S/C36H36Cl2N2O7S/c1-7-44-29-16-23(15-26(38)33(29)46-19-22-10-9-11-25(37)14-22)17-30-34(41)40-32(24-12-13-27(47-20(3)4)28(18-24)43-6)31(35(42)45-8-2)21(5)39-36(40)48-30/h9-18,20,32H,7-8,19H2,1-6H3/b30-17+/t32-/m0/s1. The van der Waals surface area contributed by atoms with Gasteiger partial charge in [-0.15, -0.1) is 0 Å². The first-order valence-corrected chi connectivity index (χ1v) is 17.0. The largest absolute Gasteiger partial charge is 0.493 e. The smallest absolute Gasteiger partial charge is 0.338 e. The van der Waals surface area contributed by atoms with Gasteiger partial charge in [0, 0.05) is 5.02 Å². The van der Waals surface area contributed by atoms with Gasteiger partial charge in [-0.1, -0.05) is 52.7 Å². The van der Waals surface area contributed by atoms with E-state index in [9.17, 15) is 9.59 Å². The first kappa shape index (κ1) is 35.1. The lowest BCUT2D eigenvalue weighted by molar-refractivity contribution is -0.139. The second-order valence-corrected chi connectivity index (χ2v) is 12.9. The van der Waals surface area contributed by atoms with Crippen LogP contribution < -0.4 is 33.8 Å². The minimum absolute atomic E-state index is 0.0833. The van der Waals surface area contributed by atoms with Crippen LogP contribution in [0.25, 0.3) is 6.08 Å². The fourth-order valence-corrected chi connectivity index (χ4v) is 6.85. The number of fused-ring (bicyclic) bond motifs is 1. The first-order chi connectivity index (χ1) is 23.0. The van der Waals surface area contributed by atoms with Gasteiger partial charge in [-0.3, -0.25) is 9.36 Å². The number of esters is 1. The van der Waals surface area contributed by atoms with Crippen LogP contribution in [0.3, 0.4) is 0 Å². The molecule has 0 fully saturated rings. The van der Waals surface area contributed by atoms with E-state index in [1.165, 1.54) is 15.9 Å². The van der Waals surface area contributed by atoms with Crippen LogP contribution in [-0.4, -0.2) is 37.0 Å². The second kappa shape index (κ2) is 15.3. The van der Waals surface area contributed by atoms with Crippen molar-refractivity contribution in [3.05, 3.63) is 112 Å². The zero-order chi connectivity index (χ0) is 34.5. The van der Waals surface area contributed by atoms with Crippen LogP contribution in [0.2, 0.25) is 10.0 Å². The molecule has 0 aliphatic carbocycles. The number of methoxy groups -OCH3 is 1. The van der Waals surface area contributed by atoms with E-state index in [1.54, 1.807) is 57.4 Å². The third-order valence-electron chi connectivity index (χ3n) is 7.28. The molecule has 5 rings (SSSR count). The van der Waals surface area contributed by atoms with Gasteiger partial charge in [-0.2, -0.15) is 0 Å². The molecule has 1 aliphatic heterocycles. The molecule has 9 nitrogen and oxygen atoms in total. The molecule has 1 atom stereocenters. The van der Waals surface area contributed by atoms with Crippen molar-refractivity contribution >= 4 is 46.6 Å². The van der Waals surface area contributed by atoms with Gasteiger partial charge < -0.3 is 23.7 Å². The summed E-state index contributed by atoms with van der Waals surface area (Å²) >= 11 is 14.1. The number of rotatable bonds is 12. The van der Waals surface area contributed by atoms with E-state index in [4.69, 9.17) is 46.9 Å². The molecule has 0 radical (unpaired) electrons. The lowest BCUT2D eigenvalue weighted by Gasteiger charge is -2.25. The number of aromatic nitrogens is 1. The van der Waals surface area contributed by atoms with Crippen molar-refractivity contribution < 1.29 is 28.5 Å². The molecule has 3 aromatic carbocycles. The Morgan fingerprint density at radius 3 is 2.50 bits per heavy atom. The van der Waals surface area contributed by atoms with Crippen molar-refractivity contribution in [2.75, 3.05) is 20.3 Å². The summed E-state index contributed by atoms with van der Waals surface area (Å²) in [4.78, 5) is 32.6. The number of hydrogen-bond donors (Lipinski definition) is 0. The average Bonchev–Trinajstić information content (AvgIpc) is 3.33. The molecule has 4 aromatic rings.